The zero-order valence-corrected chi connectivity index (χ0v) is 15.8. The molecule has 1 saturated heterocycles. The lowest BCUT2D eigenvalue weighted by molar-refractivity contribution is 0.0342. The highest BCUT2D eigenvalue weighted by molar-refractivity contribution is 6.05. The zero-order chi connectivity index (χ0) is 20.1. The number of hydrogen-bond acceptors (Lipinski definition) is 5. The quantitative estimate of drug-likeness (QED) is 0.721. The number of carbonyl (C=O) groups excluding carboxylic acids is 1. The molecule has 148 valence electrons. The molecule has 1 N–H and O–H groups in total. The van der Waals surface area contributed by atoms with Crippen molar-refractivity contribution in [3.05, 3.63) is 78.1 Å². The van der Waals surface area contributed by atoms with Gasteiger partial charge in [-0.2, -0.15) is 0 Å². The average Bonchev–Trinajstić information content (AvgIpc) is 2.76. The Morgan fingerprint density at radius 2 is 1.76 bits per heavy atom. The molecule has 29 heavy (non-hydrogen) atoms. The third-order valence-electron chi connectivity index (χ3n) is 4.78. The van der Waals surface area contributed by atoms with Gasteiger partial charge in [0.1, 0.15) is 12.1 Å². The summed E-state index contributed by atoms with van der Waals surface area (Å²) in [7, 11) is 0. The molecule has 0 unspecified atom stereocenters. The molecule has 0 saturated carbocycles. The summed E-state index contributed by atoms with van der Waals surface area (Å²) >= 11 is 0. The number of ether oxygens (including phenoxy) is 1. The Balaban J connectivity index is 1.44. The fraction of sp³-hybridized carbons (Fsp3) is 0.227. The van der Waals surface area contributed by atoms with E-state index in [1.165, 1.54) is 24.0 Å². The van der Waals surface area contributed by atoms with Crippen LogP contribution in [-0.4, -0.2) is 47.1 Å². The van der Waals surface area contributed by atoms with E-state index in [-0.39, 0.29) is 11.5 Å². The highest BCUT2D eigenvalue weighted by atomic mass is 19.1. The predicted octanol–water partition coefficient (Wildman–Crippen LogP) is 3.37. The van der Waals surface area contributed by atoms with Crippen molar-refractivity contribution in [2.24, 2.45) is 0 Å². The minimum Gasteiger partial charge on any atom is -0.379 e. The largest absolute Gasteiger partial charge is 0.379 e. The Kier molecular flexibility index (Phi) is 5.88. The topological polar surface area (TPSA) is 67.4 Å². The Morgan fingerprint density at radius 1 is 1.03 bits per heavy atom. The Morgan fingerprint density at radius 3 is 2.48 bits per heavy atom. The standard InChI is InChI=1S/C22H21FN4O2/c23-20-10-17(19-12-24-15-25-13-19)9-18(11-20)22(28)26-21-3-1-16(2-4-21)14-27-5-7-29-8-6-27/h1-4,9-13,15H,5-8,14H2,(H,26,28). The van der Waals surface area contributed by atoms with Crippen LogP contribution in [0.15, 0.2) is 61.2 Å². The van der Waals surface area contributed by atoms with Crippen LogP contribution in [0.4, 0.5) is 10.1 Å². The molecule has 2 heterocycles. The molecule has 0 atom stereocenters. The molecule has 0 aliphatic carbocycles. The lowest BCUT2D eigenvalue weighted by Gasteiger charge is -2.26. The minimum atomic E-state index is -0.489. The summed E-state index contributed by atoms with van der Waals surface area (Å²) in [5.74, 6) is -0.860. The van der Waals surface area contributed by atoms with Crippen LogP contribution in [0.25, 0.3) is 11.1 Å². The molecule has 6 nitrogen and oxygen atoms in total. The van der Waals surface area contributed by atoms with Crippen LogP contribution < -0.4 is 5.32 Å². The van der Waals surface area contributed by atoms with Gasteiger partial charge in [-0.3, -0.25) is 9.69 Å². The first-order valence-corrected chi connectivity index (χ1v) is 9.44. The average molecular weight is 392 g/mol. The SMILES string of the molecule is O=C(Nc1ccc(CN2CCOCC2)cc1)c1cc(F)cc(-c2cncnc2)c1. The number of nitrogens with zero attached hydrogens (tertiary/aromatic N) is 3. The van der Waals surface area contributed by atoms with E-state index in [0.29, 0.717) is 16.8 Å². The van der Waals surface area contributed by atoms with E-state index in [1.807, 2.05) is 24.3 Å². The van der Waals surface area contributed by atoms with Gasteiger partial charge in [0.2, 0.25) is 0 Å². The van der Waals surface area contributed by atoms with Crippen LogP contribution in [0.5, 0.6) is 0 Å². The van der Waals surface area contributed by atoms with Crippen molar-refractivity contribution < 1.29 is 13.9 Å². The van der Waals surface area contributed by atoms with Crippen LogP contribution in [0.1, 0.15) is 15.9 Å². The van der Waals surface area contributed by atoms with Crippen LogP contribution in [0.2, 0.25) is 0 Å². The lowest BCUT2D eigenvalue weighted by atomic mass is 10.0. The van der Waals surface area contributed by atoms with Gasteiger partial charge in [0.05, 0.1) is 13.2 Å². The van der Waals surface area contributed by atoms with E-state index >= 15 is 0 Å². The van der Waals surface area contributed by atoms with Crippen LogP contribution >= 0.6 is 0 Å². The summed E-state index contributed by atoms with van der Waals surface area (Å²) < 4.78 is 19.4. The first-order chi connectivity index (χ1) is 14.2. The van der Waals surface area contributed by atoms with Crippen molar-refractivity contribution in [3.8, 4) is 11.1 Å². The summed E-state index contributed by atoms with van der Waals surface area (Å²) in [4.78, 5) is 22.8. The predicted molar refractivity (Wildman–Crippen MR) is 108 cm³/mol. The maximum Gasteiger partial charge on any atom is 0.255 e. The Labute approximate surface area is 168 Å². The van der Waals surface area contributed by atoms with Gasteiger partial charge in [-0.15, -0.1) is 0 Å². The molecular formula is C22H21FN4O2. The van der Waals surface area contributed by atoms with Gasteiger partial charge in [0.25, 0.3) is 5.91 Å². The molecule has 1 fully saturated rings. The zero-order valence-electron chi connectivity index (χ0n) is 15.8. The molecule has 1 aliphatic heterocycles. The fourth-order valence-electron chi connectivity index (χ4n) is 3.25. The number of benzene rings is 2. The molecule has 1 aliphatic rings. The number of nitrogens with one attached hydrogen (secondary N) is 1. The van der Waals surface area contributed by atoms with Crippen molar-refractivity contribution in [2.45, 2.75) is 6.54 Å². The maximum atomic E-state index is 14.1. The highest BCUT2D eigenvalue weighted by Crippen LogP contribution is 2.21. The van der Waals surface area contributed by atoms with Crippen LogP contribution in [-0.2, 0) is 11.3 Å². The van der Waals surface area contributed by atoms with E-state index in [1.54, 1.807) is 18.5 Å². The molecule has 4 rings (SSSR count). The number of morpholine rings is 1. The van der Waals surface area contributed by atoms with Gasteiger partial charge in [-0.05, 0) is 41.5 Å². The second-order valence-corrected chi connectivity index (χ2v) is 6.90. The van der Waals surface area contributed by atoms with Gasteiger partial charge >= 0.3 is 0 Å². The molecule has 1 aromatic heterocycles. The van der Waals surface area contributed by atoms with Gasteiger partial charge in [-0.25, -0.2) is 14.4 Å². The Bertz CT molecular complexity index is 974. The highest BCUT2D eigenvalue weighted by Gasteiger charge is 2.12. The van der Waals surface area contributed by atoms with Gasteiger partial charge in [0.15, 0.2) is 0 Å². The van der Waals surface area contributed by atoms with E-state index in [2.05, 4.69) is 20.2 Å². The second kappa shape index (κ2) is 8.89. The van der Waals surface area contributed by atoms with Crippen molar-refractivity contribution >= 4 is 11.6 Å². The molecule has 1 amide bonds. The number of halogens is 1. The molecule has 3 aromatic rings. The van der Waals surface area contributed by atoms with Gasteiger partial charge < -0.3 is 10.1 Å². The summed E-state index contributed by atoms with van der Waals surface area (Å²) in [5, 5.41) is 2.82. The van der Waals surface area contributed by atoms with E-state index in [9.17, 15) is 9.18 Å². The number of anilines is 1. The van der Waals surface area contributed by atoms with Crippen molar-refractivity contribution in [3.63, 3.8) is 0 Å². The smallest absolute Gasteiger partial charge is 0.255 e. The van der Waals surface area contributed by atoms with Crippen molar-refractivity contribution in [1.82, 2.24) is 14.9 Å². The molecule has 0 radical (unpaired) electrons. The first-order valence-electron chi connectivity index (χ1n) is 9.44. The molecular weight excluding hydrogens is 371 g/mol. The summed E-state index contributed by atoms with van der Waals surface area (Å²) in [6, 6.07) is 11.9. The van der Waals surface area contributed by atoms with E-state index in [0.717, 1.165) is 32.8 Å². The normalized spacial score (nSPS) is 14.5. The minimum absolute atomic E-state index is 0.237. The second-order valence-electron chi connectivity index (χ2n) is 6.90. The molecule has 2 aromatic carbocycles. The third kappa shape index (κ3) is 5.01. The molecule has 7 heteroatoms. The summed E-state index contributed by atoms with van der Waals surface area (Å²) in [6.07, 6.45) is 4.56. The fourth-order valence-corrected chi connectivity index (χ4v) is 3.25. The lowest BCUT2D eigenvalue weighted by Crippen LogP contribution is -2.35. The maximum absolute atomic E-state index is 14.1. The summed E-state index contributed by atoms with van der Waals surface area (Å²) in [6.45, 7) is 4.22. The number of aromatic nitrogens is 2. The van der Waals surface area contributed by atoms with Gasteiger partial charge in [0, 0.05) is 48.8 Å². The van der Waals surface area contributed by atoms with Crippen molar-refractivity contribution in [1.29, 1.82) is 0 Å². The van der Waals surface area contributed by atoms with E-state index in [4.69, 9.17) is 4.74 Å². The first kappa shape index (κ1) is 19.2. The molecule has 0 spiro atoms. The molecule has 0 bridgehead atoms. The summed E-state index contributed by atoms with van der Waals surface area (Å²) in [5.41, 5.74) is 3.27. The number of hydrogen-bond donors (Lipinski definition) is 1. The number of carbonyl (C=O) groups is 1. The van der Waals surface area contributed by atoms with Crippen LogP contribution in [0, 0.1) is 5.82 Å². The number of rotatable bonds is 5. The monoisotopic (exact) mass is 392 g/mol. The van der Waals surface area contributed by atoms with E-state index < -0.39 is 5.82 Å². The number of amides is 1. The van der Waals surface area contributed by atoms with Crippen molar-refractivity contribution in [2.75, 3.05) is 31.6 Å². The van der Waals surface area contributed by atoms with Gasteiger partial charge in [-0.1, -0.05) is 12.1 Å². The third-order valence-corrected chi connectivity index (χ3v) is 4.78. The Hall–Kier alpha value is -3.16. The van der Waals surface area contributed by atoms with Crippen LogP contribution in [0.3, 0.4) is 0 Å².